The molecule has 1 aromatic rings. The molecule has 1 saturated heterocycles. The number of halogens is 1. The Balaban J connectivity index is 2.46. The molecule has 0 unspecified atom stereocenters. The second kappa shape index (κ2) is 4.80. The summed E-state index contributed by atoms with van der Waals surface area (Å²) in [4.78, 5) is 20.1. The highest BCUT2D eigenvalue weighted by Gasteiger charge is 2.27. The van der Waals surface area contributed by atoms with Gasteiger partial charge in [0.05, 0.1) is 18.1 Å². The maximum atomic E-state index is 11.0. The first-order valence-corrected chi connectivity index (χ1v) is 5.48. The Bertz CT molecular complexity index is 448. The predicted molar refractivity (Wildman–Crippen MR) is 61.5 cm³/mol. The number of aromatic nitrogens is 2. The Labute approximate surface area is 103 Å². The van der Waals surface area contributed by atoms with E-state index in [4.69, 9.17) is 16.3 Å². The molecule has 0 aromatic carbocycles. The van der Waals surface area contributed by atoms with Crippen molar-refractivity contribution in [1.29, 1.82) is 0 Å². The van der Waals surface area contributed by atoms with Crippen LogP contribution in [0.5, 0.6) is 0 Å². The van der Waals surface area contributed by atoms with Crippen molar-refractivity contribution in [2.45, 2.75) is 6.92 Å². The van der Waals surface area contributed by atoms with Gasteiger partial charge in [-0.3, -0.25) is 10.1 Å². The van der Waals surface area contributed by atoms with Crippen LogP contribution < -0.4 is 4.90 Å². The molecule has 1 fully saturated rings. The van der Waals surface area contributed by atoms with E-state index in [0.29, 0.717) is 26.3 Å². The summed E-state index contributed by atoms with van der Waals surface area (Å²) >= 11 is 5.74. The quantitative estimate of drug-likeness (QED) is 0.450. The van der Waals surface area contributed by atoms with Gasteiger partial charge in [0, 0.05) is 13.1 Å². The van der Waals surface area contributed by atoms with Crippen molar-refractivity contribution in [3.63, 3.8) is 0 Å². The summed E-state index contributed by atoms with van der Waals surface area (Å²) in [5, 5.41) is 11.0. The van der Waals surface area contributed by atoms with Gasteiger partial charge in [-0.05, 0) is 18.5 Å². The number of rotatable bonds is 2. The maximum Gasteiger partial charge on any atom is 0.332 e. The van der Waals surface area contributed by atoms with Crippen molar-refractivity contribution in [1.82, 2.24) is 9.97 Å². The van der Waals surface area contributed by atoms with E-state index in [0.717, 1.165) is 0 Å². The lowest BCUT2D eigenvalue weighted by Crippen LogP contribution is -2.37. The number of hydrogen-bond acceptors (Lipinski definition) is 6. The average molecular weight is 259 g/mol. The van der Waals surface area contributed by atoms with E-state index in [1.807, 2.05) is 0 Å². The van der Waals surface area contributed by atoms with Crippen LogP contribution in [0.2, 0.25) is 5.28 Å². The largest absolute Gasteiger partial charge is 0.378 e. The fourth-order valence-corrected chi connectivity index (χ4v) is 1.93. The van der Waals surface area contributed by atoms with E-state index >= 15 is 0 Å². The number of hydrogen-bond donors (Lipinski definition) is 0. The molecular weight excluding hydrogens is 248 g/mol. The van der Waals surface area contributed by atoms with Crippen molar-refractivity contribution >= 4 is 23.1 Å². The number of anilines is 1. The van der Waals surface area contributed by atoms with Crippen LogP contribution in [-0.2, 0) is 4.74 Å². The second-order valence-corrected chi connectivity index (χ2v) is 3.94. The number of aryl methyl sites for hydroxylation is 1. The molecule has 0 aliphatic carbocycles. The lowest BCUT2D eigenvalue weighted by molar-refractivity contribution is -0.385. The lowest BCUT2D eigenvalue weighted by atomic mass is 10.3. The fourth-order valence-electron chi connectivity index (χ4n) is 1.73. The molecule has 0 N–H and O–H groups in total. The molecule has 2 rings (SSSR count). The fraction of sp³-hybridized carbons (Fsp3) is 0.556. The molecule has 92 valence electrons. The van der Waals surface area contributed by atoms with E-state index < -0.39 is 4.92 Å². The van der Waals surface area contributed by atoms with Crippen LogP contribution in [0.3, 0.4) is 0 Å². The van der Waals surface area contributed by atoms with Crippen molar-refractivity contribution < 1.29 is 9.66 Å². The summed E-state index contributed by atoms with van der Waals surface area (Å²) in [6.07, 6.45) is 0. The first kappa shape index (κ1) is 12.0. The number of morpholine rings is 1. The summed E-state index contributed by atoms with van der Waals surface area (Å²) in [7, 11) is 0. The third-order valence-electron chi connectivity index (χ3n) is 2.51. The van der Waals surface area contributed by atoms with Crippen molar-refractivity contribution in [2.24, 2.45) is 0 Å². The van der Waals surface area contributed by atoms with E-state index in [9.17, 15) is 10.1 Å². The highest BCUT2D eigenvalue weighted by Crippen LogP contribution is 2.30. The van der Waals surface area contributed by atoms with Gasteiger partial charge in [-0.2, -0.15) is 4.98 Å². The first-order valence-electron chi connectivity index (χ1n) is 5.11. The number of nitro groups is 1. The van der Waals surface area contributed by atoms with Crippen LogP contribution in [-0.4, -0.2) is 41.2 Å². The van der Waals surface area contributed by atoms with Gasteiger partial charge in [0.1, 0.15) is 5.69 Å². The Morgan fingerprint density at radius 1 is 1.41 bits per heavy atom. The van der Waals surface area contributed by atoms with Crippen molar-refractivity contribution in [3.8, 4) is 0 Å². The van der Waals surface area contributed by atoms with Gasteiger partial charge >= 0.3 is 5.69 Å². The van der Waals surface area contributed by atoms with Gasteiger partial charge in [-0.15, -0.1) is 0 Å². The molecule has 7 nitrogen and oxygen atoms in total. The van der Waals surface area contributed by atoms with Crippen LogP contribution in [0.25, 0.3) is 0 Å². The number of nitrogens with zero attached hydrogens (tertiary/aromatic N) is 4. The van der Waals surface area contributed by atoms with E-state index in [1.54, 1.807) is 11.8 Å². The standard InChI is InChI=1S/C9H11ClN4O3/c1-6-7(14(15)16)8(12-9(10)11-6)13-2-4-17-5-3-13/h2-5H2,1H3. The molecule has 1 aromatic heterocycles. The van der Waals surface area contributed by atoms with E-state index in [2.05, 4.69) is 9.97 Å². The third-order valence-corrected chi connectivity index (χ3v) is 2.67. The molecular formula is C9H11ClN4O3. The monoisotopic (exact) mass is 258 g/mol. The van der Waals surface area contributed by atoms with Gasteiger partial charge in [0.25, 0.3) is 0 Å². The first-order chi connectivity index (χ1) is 8.09. The third kappa shape index (κ3) is 2.45. The molecule has 0 saturated carbocycles. The van der Waals surface area contributed by atoms with Gasteiger partial charge < -0.3 is 9.64 Å². The minimum absolute atomic E-state index is 0.0228. The zero-order valence-electron chi connectivity index (χ0n) is 9.22. The zero-order chi connectivity index (χ0) is 12.4. The Morgan fingerprint density at radius 3 is 2.65 bits per heavy atom. The summed E-state index contributed by atoms with van der Waals surface area (Å²) in [6.45, 7) is 3.73. The average Bonchev–Trinajstić information content (AvgIpc) is 2.28. The molecule has 1 aliphatic heterocycles. The lowest BCUT2D eigenvalue weighted by Gasteiger charge is -2.27. The Kier molecular flexibility index (Phi) is 3.39. The zero-order valence-corrected chi connectivity index (χ0v) is 9.98. The topological polar surface area (TPSA) is 81.4 Å². The maximum absolute atomic E-state index is 11.0. The Morgan fingerprint density at radius 2 is 2.06 bits per heavy atom. The van der Waals surface area contributed by atoms with Gasteiger partial charge in [-0.25, -0.2) is 4.98 Å². The van der Waals surface area contributed by atoms with Crippen LogP contribution in [0.1, 0.15) is 5.69 Å². The van der Waals surface area contributed by atoms with Gasteiger partial charge in [0.2, 0.25) is 11.1 Å². The molecule has 8 heteroatoms. The van der Waals surface area contributed by atoms with Gasteiger partial charge in [0.15, 0.2) is 0 Å². The smallest absolute Gasteiger partial charge is 0.332 e. The van der Waals surface area contributed by atoms with Crippen molar-refractivity contribution in [2.75, 3.05) is 31.2 Å². The minimum atomic E-state index is -0.476. The molecule has 0 amide bonds. The summed E-state index contributed by atoms with van der Waals surface area (Å²) < 4.78 is 5.19. The SMILES string of the molecule is Cc1nc(Cl)nc(N2CCOCC2)c1[N+](=O)[O-]. The van der Waals surface area contributed by atoms with Crippen LogP contribution in [0.15, 0.2) is 0 Å². The minimum Gasteiger partial charge on any atom is -0.378 e. The van der Waals surface area contributed by atoms with E-state index in [-0.39, 0.29) is 22.5 Å². The van der Waals surface area contributed by atoms with E-state index in [1.165, 1.54) is 0 Å². The van der Waals surface area contributed by atoms with Gasteiger partial charge in [-0.1, -0.05) is 0 Å². The molecule has 17 heavy (non-hydrogen) atoms. The summed E-state index contributed by atoms with van der Waals surface area (Å²) in [6, 6.07) is 0. The number of ether oxygens (including phenoxy) is 1. The molecule has 0 spiro atoms. The highest BCUT2D eigenvalue weighted by atomic mass is 35.5. The summed E-state index contributed by atoms with van der Waals surface area (Å²) in [5.41, 5.74) is 0.188. The van der Waals surface area contributed by atoms with Crippen LogP contribution in [0, 0.1) is 17.0 Å². The van der Waals surface area contributed by atoms with Crippen LogP contribution >= 0.6 is 11.6 Å². The summed E-state index contributed by atoms with van der Waals surface area (Å²) in [5.74, 6) is 0.274. The molecule has 0 atom stereocenters. The normalized spacial score (nSPS) is 16.0. The Hall–Kier alpha value is -1.47. The molecule has 2 heterocycles. The predicted octanol–water partition coefficient (Wildman–Crippen LogP) is 1.18. The second-order valence-electron chi connectivity index (χ2n) is 3.61. The van der Waals surface area contributed by atoms with Crippen LogP contribution in [0.4, 0.5) is 11.5 Å². The molecule has 1 aliphatic rings. The molecule has 0 radical (unpaired) electrons. The van der Waals surface area contributed by atoms with Crippen molar-refractivity contribution in [3.05, 3.63) is 21.1 Å². The molecule has 0 bridgehead atoms. The highest BCUT2D eigenvalue weighted by molar-refractivity contribution is 6.28.